The molecule has 12 nitrogen and oxygen atoms in total. The molecule has 4 atom stereocenters. The maximum absolute atomic E-state index is 12.3. The smallest absolute Gasteiger partial charge is 0.326 e. The molecular weight excluding hydrogens is 406 g/mol. The Labute approximate surface area is 173 Å². The number of thiol groups is 1. The summed E-state index contributed by atoms with van der Waals surface area (Å²) in [6, 6.07) is -4.73. The number of nitrogens with one attached hydrogen (secondary N) is 3. The van der Waals surface area contributed by atoms with E-state index in [0.29, 0.717) is 25.8 Å². The Hall–Kier alpha value is -2.38. The van der Waals surface area contributed by atoms with Crippen molar-refractivity contribution in [1.29, 1.82) is 0 Å². The number of unbranched alkanes of at least 4 members (excludes halogenated alkanes) is 1. The van der Waals surface area contributed by atoms with Gasteiger partial charge in [0.1, 0.15) is 18.1 Å². The van der Waals surface area contributed by atoms with Gasteiger partial charge in [0.05, 0.1) is 12.5 Å². The molecular formula is C16H29N5O7S. The summed E-state index contributed by atoms with van der Waals surface area (Å²) in [5.74, 6) is -5.18. The molecule has 9 N–H and O–H groups in total. The largest absolute Gasteiger partial charge is 0.481 e. The Morgan fingerprint density at radius 3 is 2.00 bits per heavy atom. The van der Waals surface area contributed by atoms with Crippen LogP contribution in [-0.4, -0.2) is 76.3 Å². The molecule has 0 saturated carbocycles. The number of rotatable bonds is 14. The Morgan fingerprint density at radius 2 is 1.52 bits per heavy atom. The fraction of sp³-hybridized carbons (Fsp3) is 0.688. The zero-order chi connectivity index (χ0) is 22.6. The number of hydrogen-bond acceptors (Lipinski definition) is 8. The molecule has 0 aromatic heterocycles. The predicted molar refractivity (Wildman–Crippen MR) is 106 cm³/mol. The first kappa shape index (κ1) is 26.6. The highest BCUT2D eigenvalue weighted by Crippen LogP contribution is 2.00. The number of carboxylic acids is 2. The molecule has 0 radical (unpaired) electrons. The van der Waals surface area contributed by atoms with Crippen molar-refractivity contribution in [1.82, 2.24) is 16.0 Å². The zero-order valence-electron chi connectivity index (χ0n) is 16.1. The van der Waals surface area contributed by atoms with Gasteiger partial charge in [-0.1, -0.05) is 6.42 Å². The van der Waals surface area contributed by atoms with Gasteiger partial charge in [0.15, 0.2) is 0 Å². The molecule has 3 amide bonds. The van der Waals surface area contributed by atoms with Gasteiger partial charge in [-0.15, -0.1) is 0 Å². The van der Waals surface area contributed by atoms with E-state index < -0.39 is 60.2 Å². The summed E-state index contributed by atoms with van der Waals surface area (Å²) in [6.07, 6.45) is 0.937. The maximum atomic E-state index is 12.3. The fourth-order valence-electron chi connectivity index (χ4n) is 2.16. The first-order valence-corrected chi connectivity index (χ1v) is 9.58. The molecule has 0 rings (SSSR count). The maximum Gasteiger partial charge on any atom is 0.326 e. The van der Waals surface area contributed by atoms with E-state index in [-0.39, 0.29) is 5.75 Å². The lowest BCUT2D eigenvalue weighted by atomic mass is 10.1. The van der Waals surface area contributed by atoms with Crippen LogP contribution in [0.2, 0.25) is 0 Å². The minimum atomic E-state index is -1.65. The summed E-state index contributed by atoms with van der Waals surface area (Å²) < 4.78 is 0. The minimum absolute atomic E-state index is 0.0712. The van der Waals surface area contributed by atoms with Crippen LogP contribution in [0.5, 0.6) is 0 Å². The van der Waals surface area contributed by atoms with E-state index in [1.54, 1.807) is 0 Å². The topological polar surface area (TPSA) is 214 Å². The van der Waals surface area contributed by atoms with Gasteiger partial charge in [-0.3, -0.25) is 19.2 Å². The first-order valence-electron chi connectivity index (χ1n) is 8.95. The van der Waals surface area contributed by atoms with Crippen LogP contribution in [-0.2, 0) is 24.0 Å². The van der Waals surface area contributed by atoms with Crippen molar-refractivity contribution in [3.8, 4) is 0 Å². The van der Waals surface area contributed by atoms with Crippen molar-refractivity contribution in [2.24, 2.45) is 11.5 Å². The summed E-state index contributed by atoms with van der Waals surface area (Å²) in [4.78, 5) is 58.1. The SMILES string of the molecule is CC(NC(=O)C(CS)NC(=O)C(N)CCCCN)C(=O)NC(CC(=O)O)C(=O)O. The van der Waals surface area contributed by atoms with Crippen LogP contribution >= 0.6 is 12.6 Å². The van der Waals surface area contributed by atoms with Crippen LogP contribution in [0.1, 0.15) is 32.6 Å². The number of carboxylic acid groups (broad SMARTS) is 2. The monoisotopic (exact) mass is 435 g/mol. The molecule has 0 bridgehead atoms. The van der Waals surface area contributed by atoms with Crippen molar-refractivity contribution >= 4 is 42.3 Å². The minimum Gasteiger partial charge on any atom is -0.481 e. The first-order chi connectivity index (χ1) is 13.5. The molecule has 0 spiro atoms. The normalized spacial score (nSPS) is 14.8. The highest BCUT2D eigenvalue weighted by molar-refractivity contribution is 7.80. The molecule has 0 heterocycles. The zero-order valence-corrected chi connectivity index (χ0v) is 17.0. The number of aliphatic carboxylic acids is 2. The molecule has 0 aliphatic rings. The number of hydrogen-bond donors (Lipinski definition) is 8. The van der Waals surface area contributed by atoms with E-state index in [0.717, 1.165) is 0 Å². The average Bonchev–Trinajstić information content (AvgIpc) is 2.64. The number of amides is 3. The molecule has 0 aromatic carbocycles. The third-order valence-corrected chi connectivity index (χ3v) is 4.23. The van der Waals surface area contributed by atoms with E-state index in [4.69, 9.17) is 21.7 Å². The molecule has 166 valence electrons. The Bertz CT molecular complexity index is 604. The highest BCUT2D eigenvalue weighted by atomic mass is 32.1. The van der Waals surface area contributed by atoms with Gasteiger partial charge < -0.3 is 37.6 Å². The quantitative estimate of drug-likeness (QED) is 0.106. The van der Waals surface area contributed by atoms with E-state index in [1.807, 2.05) is 5.32 Å². The lowest BCUT2D eigenvalue weighted by Gasteiger charge is -2.22. The van der Waals surface area contributed by atoms with Gasteiger partial charge in [-0.25, -0.2) is 4.79 Å². The van der Waals surface area contributed by atoms with Crippen molar-refractivity contribution in [3.05, 3.63) is 0 Å². The van der Waals surface area contributed by atoms with Gasteiger partial charge >= 0.3 is 11.9 Å². The van der Waals surface area contributed by atoms with E-state index in [2.05, 4.69) is 23.3 Å². The van der Waals surface area contributed by atoms with Crippen LogP contribution < -0.4 is 27.4 Å². The summed E-state index contributed by atoms with van der Waals surface area (Å²) in [5, 5.41) is 24.4. The third-order valence-electron chi connectivity index (χ3n) is 3.87. The average molecular weight is 436 g/mol. The second-order valence-electron chi connectivity index (χ2n) is 6.36. The third kappa shape index (κ3) is 10.7. The number of nitrogens with two attached hydrogens (primary N) is 2. The molecule has 0 aliphatic carbocycles. The molecule has 0 saturated heterocycles. The van der Waals surface area contributed by atoms with Crippen LogP contribution in [0, 0.1) is 0 Å². The standard InChI is InChI=1S/C16H29N5O7S/c1-8(13(24)20-10(16(27)28)6-12(22)23)19-15(26)11(7-29)21-14(25)9(18)4-2-3-5-17/h8-11,29H,2-7,17-18H2,1H3,(H,19,26)(H,20,24)(H,21,25)(H,22,23)(H,27,28). The predicted octanol–water partition coefficient (Wildman–Crippen LogP) is -2.59. The van der Waals surface area contributed by atoms with Crippen LogP contribution in [0.15, 0.2) is 0 Å². The van der Waals surface area contributed by atoms with Crippen molar-refractivity contribution in [2.45, 2.75) is 56.8 Å². The van der Waals surface area contributed by atoms with Crippen molar-refractivity contribution in [3.63, 3.8) is 0 Å². The second-order valence-corrected chi connectivity index (χ2v) is 6.73. The second kappa shape index (κ2) is 13.7. The van der Waals surface area contributed by atoms with Crippen LogP contribution in [0.3, 0.4) is 0 Å². The lowest BCUT2D eigenvalue weighted by Crippen LogP contribution is -2.57. The van der Waals surface area contributed by atoms with Crippen molar-refractivity contribution < 1.29 is 34.2 Å². The molecule has 4 unspecified atom stereocenters. The van der Waals surface area contributed by atoms with Gasteiger partial charge in [-0.05, 0) is 26.3 Å². The van der Waals surface area contributed by atoms with E-state index in [9.17, 15) is 24.0 Å². The molecule has 0 aliphatic heterocycles. The highest BCUT2D eigenvalue weighted by Gasteiger charge is 2.28. The lowest BCUT2D eigenvalue weighted by molar-refractivity contribution is -0.147. The summed E-state index contributed by atoms with van der Waals surface area (Å²) in [7, 11) is 0. The molecule has 0 fully saturated rings. The Kier molecular flexibility index (Phi) is 12.6. The Balaban J connectivity index is 4.74. The van der Waals surface area contributed by atoms with Gasteiger partial charge in [0, 0.05) is 5.75 Å². The molecule has 29 heavy (non-hydrogen) atoms. The summed E-state index contributed by atoms with van der Waals surface area (Å²) in [5.41, 5.74) is 11.1. The Morgan fingerprint density at radius 1 is 0.931 bits per heavy atom. The van der Waals surface area contributed by atoms with Crippen molar-refractivity contribution in [2.75, 3.05) is 12.3 Å². The van der Waals surface area contributed by atoms with Crippen LogP contribution in [0.25, 0.3) is 0 Å². The summed E-state index contributed by atoms with van der Waals surface area (Å²) in [6.45, 7) is 1.76. The fourth-order valence-corrected chi connectivity index (χ4v) is 2.42. The van der Waals surface area contributed by atoms with Gasteiger partial charge in [0.2, 0.25) is 17.7 Å². The van der Waals surface area contributed by atoms with Gasteiger partial charge in [-0.2, -0.15) is 12.6 Å². The number of carbonyl (C=O) groups excluding carboxylic acids is 3. The molecule has 13 heteroatoms. The van der Waals surface area contributed by atoms with Gasteiger partial charge in [0.25, 0.3) is 0 Å². The van der Waals surface area contributed by atoms with E-state index in [1.165, 1.54) is 6.92 Å². The molecule has 0 aromatic rings. The number of carbonyl (C=O) groups is 5. The van der Waals surface area contributed by atoms with E-state index >= 15 is 0 Å². The summed E-state index contributed by atoms with van der Waals surface area (Å²) >= 11 is 4.00. The van der Waals surface area contributed by atoms with Crippen LogP contribution in [0.4, 0.5) is 0 Å².